The van der Waals surface area contributed by atoms with E-state index >= 15 is 0 Å². The summed E-state index contributed by atoms with van der Waals surface area (Å²) in [7, 11) is -1.18. The molecule has 0 rings (SSSR count). The van der Waals surface area contributed by atoms with E-state index in [9.17, 15) is 4.21 Å². The summed E-state index contributed by atoms with van der Waals surface area (Å²) in [5.41, 5.74) is 0. The fourth-order valence-electron chi connectivity index (χ4n) is 0. The quantitative estimate of drug-likeness (QED) is 0.517. The van der Waals surface area contributed by atoms with Crippen molar-refractivity contribution >= 4 is 11.0 Å². The van der Waals surface area contributed by atoms with Crippen LogP contribution in [0.4, 0.5) is 0 Å². The van der Waals surface area contributed by atoms with Crippen molar-refractivity contribution in [3.63, 3.8) is 0 Å². The highest BCUT2D eigenvalue weighted by molar-refractivity contribution is 7.84. The van der Waals surface area contributed by atoms with Crippen LogP contribution in [0.25, 0.3) is 0 Å². The van der Waals surface area contributed by atoms with Crippen LogP contribution in [0, 0.1) is 0 Å². The molecule has 1 unspecified atom stereocenters. The second-order valence-electron chi connectivity index (χ2n) is 2.41. The summed E-state index contributed by atoms with van der Waals surface area (Å²) in [6.45, 7) is 11.5. The molecule has 0 aliphatic rings. The number of rotatable bonds is 0. The molecule has 56 valence electrons. The first kappa shape index (κ1) is 11.6. The van der Waals surface area contributed by atoms with Crippen LogP contribution in [-0.4, -0.2) is 8.96 Å². The molecule has 0 spiro atoms. The molecule has 0 aromatic heterocycles. The van der Waals surface area contributed by atoms with Gasteiger partial charge in [-0.2, -0.15) is 0 Å². The molecule has 0 saturated carbocycles. The molecular weight excluding hydrogens is 134 g/mol. The van der Waals surface area contributed by atoms with Crippen LogP contribution in [0.15, 0.2) is 13.2 Å². The monoisotopic (exact) mass is 149 g/mol. The van der Waals surface area contributed by atoms with E-state index in [1.54, 1.807) is 0 Å². The van der Waals surface area contributed by atoms with Gasteiger partial charge < -0.3 is 0 Å². The van der Waals surface area contributed by atoms with Crippen LogP contribution in [0.3, 0.4) is 0 Å². The van der Waals surface area contributed by atoms with Gasteiger partial charge in [-0.05, 0) is 20.8 Å². The Morgan fingerprint density at radius 1 is 1.33 bits per heavy atom. The van der Waals surface area contributed by atoms with Gasteiger partial charge in [0.25, 0.3) is 0 Å². The lowest BCUT2D eigenvalue weighted by atomic mass is 10.3. The summed E-state index contributed by atoms with van der Waals surface area (Å²) < 4.78 is 10.1. The van der Waals surface area contributed by atoms with E-state index in [-0.39, 0.29) is 4.75 Å². The van der Waals surface area contributed by atoms with Crippen LogP contribution in [0.2, 0.25) is 0 Å². The van der Waals surface area contributed by atoms with E-state index in [0.29, 0.717) is 0 Å². The number of hydrogen-bond donors (Lipinski definition) is 1. The van der Waals surface area contributed by atoms with Gasteiger partial charge in [0.1, 0.15) is 0 Å². The molecule has 9 heavy (non-hydrogen) atoms. The van der Waals surface area contributed by atoms with Crippen molar-refractivity contribution in [1.29, 1.82) is 0 Å². The zero-order chi connectivity index (χ0) is 8.08. The zero-order valence-corrected chi connectivity index (χ0v) is 7.12. The molecule has 0 saturated heterocycles. The normalized spacial score (nSPS) is 13.3. The van der Waals surface area contributed by atoms with Gasteiger partial charge in [0.15, 0.2) is 0 Å². The smallest absolute Gasteiger partial charge is 0.0942 e. The molecule has 0 heterocycles. The molecule has 0 amide bonds. The number of nitrogens with two attached hydrogens (primary N) is 1. The average molecular weight is 149 g/mol. The van der Waals surface area contributed by atoms with Crippen LogP contribution < -0.4 is 5.14 Å². The van der Waals surface area contributed by atoms with Crippen molar-refractivity contribution in [2.24, 2.45) is 5.14 Å². The lowest BCUT2D eigenvalue weighted by Gasteiger charge is -2.11. The topological polar surface area (TPSA) is 43.1 Å². The van der Waals surface area contributed by atoms with Crippen LogP contribution in [-0.2, 0) is 11.0 Å². The van der Waals surface area contributed by atoms with Gasteiger partial charge in [0, 0.05) is 0 Å². The maximum atomic E-state index is 10.4. The minimum atomic E-state index is -1.18. The molecule has 1 atom stereocenters. The van der Waals surface area contributed by atoms with Crippen LogP contribution >= 0.6 is 0 Å². The SMILES string of the molecule is C=C.CC(C)(C)S(N)=O. The van der Waals surface area contributed by atoms with Gasteiger partial charge in [-0.1, -0.05) is 0 Å². The third-order valence-corrected chi connectivity index (χ3v) is 1.81. The lowest BCUT2D eigenvalue weighted by Crippen LogP contribution is -2.27. The standard InChI is InChI=1S/C4H11NOS.C2H4/c1-4(2,3)7(5)6;1-2/h5H2,1-3H3;1-2H2. The third-order valence-electron chi connectivity index (χ3n) is 0.604. The highest BCUT2D eigenvalue weighted by Gasteiger charge is 2.14. The Hall–Kier alpha value is -0.150. The second kappa shape index (κ2) is 4.70. The summed E-state index contributed by atoms with van der Waals surface area (Å²) in [4.78, 5) is 0. The van der Waals surface area contributed by atoms with Gasteiger partial charge in [0.05, 0.1) is 15.7 Å². The van der Waals surface area contributed by atoms with E-state index in [0.717, 1.165) is 0 Å². The van der Waals surface area contributed by atoms with Crippen molar-refractivity contribution < 1.29 is 4.21 Å². The maximum Gasteiger partial charge on any atom is 0.0942 e. The fraction of sp³-hybridized carbons (Fsp3) is 0.667. The minimum absolute atomic E-state index is 0.250. The molecule has 2 N–H and O–H groups in total. The van der Waals surface area contributed by atoms with E-state index in [4.69, 9.17) is 5.14 Å². The molecule has 0 aliphatic carbocycles. The van der Waals surface area contributed by atoms with Crippen LogP contribution in [0.5, 0.6) is 0 Å². The molecule has 0 aromatic rings. The molecule has 2 nitrogen and oxygen atoms in total. The van der Waals surface area contributed by atoms with E-state index in [1.165, 1.54) is 0 Å². The highest BCUT2D eigenvalue weighted by Crippen LogP contribution is 2.04. The molecule has 0 aromatic carbocycles. The summed E-state index contributed by atoms with van der Waals surface area (Å²) in [6.07, 6.45) is 0. The van der Waals surface area contributed by atoms with Gasteiger partial charge in [-0.25, -0.2) is 4.21 Å². The molecule has 0 bridgehead atoms. The first-order valence-electron chi connectivity index (χ1n) is 2.61. The molecule has 0 aliphatic heterocycles. The van der Waals surface area contributed by atoms with Crippen molar-refractivity contribution in [3.8, 4) is 0 Å². The largest absolute Gasteiger partial charge is 0.251 e. The predicted octanol–water partition coefficient (Wildman–Crippen LogP) is 1.21. The van der Waals surface area contributed by atoms with Gasteiger partial charge in [0.2, 0.25) is 0 Å². The van der Waals surface area contributed by atoms with E-state index in [2.05, 4.69) is 13.2 Å². The lowest BCUT2D eigenvalue weighted by molar-refractivity contribution is 0.650. The highest BCUT2D eigenvalue weighted by atomic mass is 32.2. The van der Waals surface area contributed by atoms with Crippen molar-refractivity contribution in [2.75, 3.05) is 0 Å². The Morgan fingerprint density at radius 3 is 1.44 bits per heavy atom. The second-order valence-corrected chi connectivity index (χ2v) is 4.23. The maximum absolute atomic E-state index is 10.4. The van der Waals surface area contributed by atoms with Crippen molar-refractivity contribution in [3.05, 3.63) is 13.2 Å². The van der Waals surface area contributed by atoms with Gasteiger partial charge in [-0.15, -0.1) is 13.2 Å². The minimum Gasteiger partial charge on any atom is -0.251 e. The Kier molecular flexibility index (Phi) is 6.07. The third kappa shape index (κ3) is 7.85. The first-order chi connectivity index (χ1) is 3.94. The van der Waals surface area contributed by atoms with Gasteiger partial charge in [-0.3, -0.25) is 5.14 Å². The van der Waals surface area contributed by atoms with Crippen molar-refractivity contribution in [2.45, 2.75) is 25.5 Å². The summed E-state index contributed by atoms with van der Waals surface area (Å²) in [5, 5.41) is 5.04. The molecular formula is C6H15NOS. The van der Waals surface area contributed by atoms with E-state index in [1.807, 2.05) is 20.8 Å². The Morgan fingerprint density at radius 2 is 1.44 bits per heavy atom. The first-order valence-corrected chi connectivity index (χ1v) is 3.82. The fourth-order valence-corrected chi connectivity index (χ4v) is 0. The Bertz CT molecular complexity index is 95.7. The molecule has 0 radical (unpaired) electrons. The van der Waals surface area contributed by atoms with Crippen LogP contribution in [0.1, 0.15) is 20.8 Å². The zero-order valence-electron chi connectivity index (χ0n) is 6.31. The van der Waals surface area contributed by atoms with Gasteiger partial charge >= 0.3 is 0 Å². The molecule has 3 heteroatoms. The van der Waals surface area contributed by atoms with Crippen molar-refractivity contribution in [1.82, 2.24) is 0 Å². The number of hydrogen-bond acceptors (Lipinski definition) is 1. The Balaban J connectivity index is 0. The Labute approximate surface area is 59.7 Å². The molecule has 0 fully saturated rings. The van der Waals surface area contributed by atoms with E-state index < -0.39 is 11.0 Å². The average Bonchev–Trinajstić information content (AvgIpc) is 1.69. The summed E-state index contributed by atoms with van der Waals surface area (Å²) >= 11 is 0. The predicted molar refractivity (Wildman–Crippen MR) is 43.3 cm³/mol. The summed E-state index contributed by atoms with van der Waals surface area (Å²) in [6, 6.07) is 0. The summed E-state index contributed by atoms with van der Waals surface area (Å²) in [5.74, 6) is 0.